The fourth-order valence-corrected chi connectivity index (χ4v) is 4.34. The summed E-state index contributed by atoms with van der Waals surface area (Å²) in [5, 5.41) is 3.06. The molecule has 6 nitrogen and oxygen atoms in total. The number of amides is 1. The average Bonchev–Trinajstić information content (AvgIpc) is 2.73. The molecule has 30 heavy (non-hydrogen) atoms. The highest BCUT2D eigenvalue weighted by Gasteiger charge is 2.27. The van der Waals surface area contributed by atoms with Gasteiger partial charge in [0.05, 0.1) is 10.6 Å². The van der Waals surface area contributed by atoms with Crippen LogP contribution in [0.3, 0.4) is 0 Å². The highest BCUT2D eigenvalue weighted by atomic mass is 35.5. The van der Waals surface area contributed by atoms with E-state index >= 15 is 0 Å². The summed E-state index contributed by atoms with van der Waals surface area (Å²) in [7, 11) is -4.02. The van der Waals surface area contributed by atoms with Gasteiger partial charge in [-0.2, -0.15) is 0 Å². The molecule has 0 saturated carbocycles. The van der Waals surface area contributed by atoms with E-state index in [1.54, 1.807) is 54.6 Å². The molecule has 0 aromatic heterocycles. The molecule has 0 saturated heterocycles. The van der Waals surface area contributed by atoms with E-state index in [1.165, 1.54) is 31.2 Å². The molecule has 1 amide bonds. The highest BCUT2D eigenvalue weighted by molar-refractivity contribution is 7.92. The van der Waals surface area contributed by atoms with Gasteiger partial charge in [0.15, 0.2) is 5.78 Å². The summed E-state index contributed by atoms with van der Waals surface area (Å²) in [6.07, 6.45) is 0. The van der Waals surface area contributed by atoms with Crippen molar-refractivity contribution in [2.24, 2.45) is 0 Å². The number of hydrogen-bond donors (Lipinski definition) is 1. The minimum atomic E-state index is -4.02. The zero-order valence-corrected chi connectivity index (χ0v) is 17.7. The zero-order chi connectivity index (χ0) is 21.7. The van der Waals surface area contributed by atoms with E-state index in [9.17, 15) is 18.0 Å². The van der Waals surface area contributed by atoms with Crippen LogP contribution in [-0.2, 0) is 14.8 Å². The Balaban J connectivity index is 1.90. The molecule has 154 valence electrons. The largest absolute Gasteiger partial charge is 0.324 e. The lowest BCUT2D eigenvalue weighted by Gasteiger charge is -2.24. The maximum atomic E-state index is 13.2. The van der Waals surface area contributed by atoms with Crippen LogP contribution in [0, 0.1) is 0 Å². The fraction of sp³-hybridized carbons (Fsp3) is 0.0909. The second-order valence-electron chi connectivity index (χ2n) is 6.49. The van der Waals surface area contributed by atoms with Gasteiger partial charge in [0.25, 0.3) is 10.0 Å². The lowest BCUT2D eigenvalue weighted by atomic mass is 10.1. The summed E-state index contributed by atoms with van der Waals surface area (Å²) in [6, 6.07) is 20.5. The molecule has 3 rings (SSSR count). The number of rotatable bonds is 7. The number of benzene rings is 3. The van der Waals surface area contributed by atoms with E-state index in [-0.39, 0.29) is 10.7 Å². The second-order valence-corrected chi connectivity index (χ2v) is 8.79. The molecule has 0 aliphatic rings. The monoisotopic (exact) mass is 442 g/mol. The third-order valence-corrected chi connectivity index (χ3v) is 6.33. The van der Waals surface area contributed by atoms with Crippen LogP contribution in [0.15, 0.2) is 83.8 Å². The number of nitrogens with zero attached hydrogens (tertiary/aromatic N) is 1. The van der Waals surface area contributed by atoms with Crippen LogP contribution < -0.4 is 9.62 Å². The second kappa shape index (κ2) is 9.11. The molecular formula is C22H19ClN2O4S. The minimum absolute atomic E-state index is 0.0159. The molecule has 8 heteroatoms. The number of nitrogens with one attached hydrogen (secondary N) is 1. The molecule has 0 unspecified atom stereocenters. The standard InChI is InChI=1S/C22H19ClN2O4S/c1-16(26)17-6-5-7-19(14-17)24-22(27)15-25(20-8-3-2-4-9-20)30(28,29)21-12-10-18(23)11-13-21/h2-14H,15H2,1H3,(H,24,27). The molecule has 0 heterocycles. The first-order valence-electron chi connectivity index (χ1n) is 9.01. The third kappa shape index (κ3) is 5.06. The number of carbonyl (C=O) groups excluding carboxylic acids is 2. The first kappa shape index (κ1) is 21.5. The molecular weight excluding hydrogens is 424 g/mol. The van der Waals surface area contributed by atoms with Crippen molar-refractivity contribution in [2.45, 2.75) is 11.8 Å². The number of halogens is 1. The van der Waals surface area contributed by atoms with Crippen LogP contribution >= 0.6 is 11.6 Å². The van der Waals surface area contributed by atoms with Crippen LogP contribution in [0.4, 0.5) is 11.4 Å². The van der Waals surface area contributed by atoms with Gasteiger partial charge in [-0.05, 0) is 55.5 Å². The first-order valence-corrected chi connectivity index (χ1v) is 10.8. The molecule has 0 aliphatic carbocycles. The van der Waals surface area contributed by atoms with Gasteiger partial charge < -0.3 is 5.32 Å². The molecule has 3 aromatic rings. The van der Waals surface area contributed by atoms with Crippen molar-refractivity contribution in [3.05, 3.63) is 89.4 Å². The maximum Gasteiger partial charge on any atom is 0.264 e. The topological polar surface area (TPSA) is 83.6 Å². The summed E-state index contributed by atoms with van der Waals surface area (Å²) in [5.74, 6) is -0.681. The summed E-state index contributed by atoms with van der Waals surface area (Å²) in [6.45, 7) is 0.982. The number of anilines is 2. The lowest BCUT2D eigenvalue weighted by Crippen LogP contribution is -2.38. The molecule has 0 fully saturated rings. The Bertz CT molecular complexity index is 1160. The predicted octanol–water partition coefficient (Wildman–Crippen LogP) is 4.38. The Morgan fingerprint density at radius 3 is 2.23 bits per heavy atom. The van der Waals surface area contributed by atoms with Crippen LogP contribution in [0.5, 0.6) is 0 Å². The third-order valence-electron chi connectivity index (χ3n) is 4.29. The van der Waals surface area contributed by atoms with Gasteiger partial charge in [-0.1, -0.05) is 41.9 Å². The molecule has 1 N–H and O–H groups in total. The number of Topliss-reactive ketones (excluding diaryl/α,β-unsaturated/α-hetero) is 1. The number of ketones is 1. The Hall–Kier alpha value is -3.16. The maximum absolute atomic E-state index is 13.2. The Morgan fingerprint density at radius 1 is 0.933 bits per heavy atom. The summed E-state index contributed by atoms with van der Waals surface area (Å²) < 4.78 is 27.5. The first-order chi connectivity index (χ1) is 14.3. The molecule has 0 bridgehead atoms. The summed E-state index contributed by atoms with van der Waals surface area (Å²) in [5.41, 5.74) is 1.20. The van der Waals surface area contributed by atoms with Gasteiger partial charge in [-0.15, -0.1) is 0 Å². The number of para-hydroxylation sites is 1. The van der Waals surface area contributed by atoms with E-state index in [1.807, 2.05) is 0 Å². The van der Waals surface area contributed by atoms with E-state index in [0.717, 1.165) is 4.31 Å². The SMILES string of the molecule is CC(=O)c1cccc(NC(=O)CN(c2ccccc2)S(=O)(=O)c2ccc(Cl)cc2)c1. The van der Waals surface area contributed by atoms with E-state index in [0.29, 0.717) is 22.0 Å². The van der Waals surface area contributed by atoms with E-state index in [2.05, 4.69) is 5.32 Å². The Kier molecular flexibility index (Phi) is 6.54. The number of hydrogen-bond acceptors (Lipinski definition) is 4. The van der Waals surface area contributed by atoms with Crippen molar-refractivity contribution >= 4 is 44.7 Å². The van der Waals surface area contributed by atoms with Crippen molar-refractivity contribution in [3.63, 3.8) is 0 Å². The number of carbonyl (C=O) groups is 2. The highest BCUT2D eigenvalue weighted by Crippen LogP contribution is 2.24. The van der Waals surface area contributed by atoms with Crippen molar-refractivity contribution in [3.8, 4) is 0 Å². The number of sulfonamides is 1. The van der Waals surface area contributed by atoms with Crippen molar-refractivity contribution in [1.82, 2.24) is 0 Å². The molecule has 0 spiro atoms. The van der Waals surface area contributed by atoms with Gasteiger partial charge in [0.1, 0.15) is 6.54 Å². The smallest absolute Gasteiger partial charge is 0.264 e. The van der Waals surface area contributed by atoms with Crippen molar-refractivity contribution in [1.29, 1.82) is 0 Å². The van der Waals surface area contributed by atoms with Crippen molar-refractivity contribution < 1.29 is 18.0 Å². The summed E-state index contributed by atoms with van der Waals surface area (Å²) >= 11 is 5.87. The normalized spacial score (nSPS) is 11.0. The van der Waals surface area contributed by atoms with E-state index in [4.69, 9.17) is 11.6 Å². The fourth-order valence-electron chi connectivity index (χ4n) is 2.79. The van der Waals surface area contributed by atoms with Crippen LogP contribution in [0.1, 0.15) is 17.3 Å². The lowest BCUT2D eigenvalue weighted by molar-refractivity contribution is -0.114. The summed E-state index contributed by atoms with van der Waals surface area (Å²) in [4.78, 5) is 24.3. The van der Waals surface area contributed by atoms with Crippen LogP contribution in [0.25, 0.3) is 0 Å². The van der Waals surface area contributed by atoms with Crippen LogP contribution in [-0.4, -0.2) is 26.7 Å². The Labute approximate surface area is 180 Å². The average molecular weight is 443 g/mol. The van der Waals surface area contributed by atoms with E-state index < -0.39 is 22.5 Å². The van der Waals surface area contributed by atoms with Gasteiger partial charge >= 0.3 is 0 Å². The molecule has 0 radical (unpaired) electrons. The zero-order valence-electron chi connectivity index (χ0n) is 16.1. The van der Waals surface area contributed by atoms with Gasteiger partial charge in [-0.3, -0.25) is 13.9 Å². The van der Waals surface area contributed by atoms with Gasteiger partial charge in [0, 0.05) is 16.3 Å². The quantitative estimate of drug-likeness (QED) is 0.550. The van der Waals surface area contributed by atoms with Gasteiger partial charge in [-0.25, -0.2) is 8.42 Å². The van der Waals surface area contributed by atoms with Gasteiger partial charge in [0.2, 0.25) is 5.91 Å². The predicted molar refractivity (Wildman–Crippen MR) is 118 cm³/mol. The minimum Gasteiger partial charge on any atom is -0.324 e. The molecule has 0 atom stereocenters. The molecule has 0 aliphatic heterocycles. The Morgan fingerprint density at radius 2 is 1.60 bits per heavy atom. The molecule has 3 aromatic carbocycles. The van der Waals surface area contributed by atoms with Crippen molar-refractivity contribution in [2.75, 3.05) is 16.2 Å². The van der Waals surface area contributed by atoms with Crippen LogP contribution in [0.2, 0.25) is 5.02 Å².